The Morgan fingerprint density at radius 3 is 2.58 bits per heavy atom. The third-order valence-corrected chi connectivity index (χ3v) is 2.66. The summed E-state index contributed by atoms with van der Waals surface area (Å²) in [4.78, 5) is 0. The number of rotatable bonds is 0. The van der Waals surface area contributed by atoms with Crippen molar-refractivity contribution in [3.8, 4) is 12.3 Å². The summed E-state index contributed by atoms with van der Waals surface area (Å²) >= 11 is 0. The van der Waals surface area contributed by atoms with Crippen molar-refractivity contribution in [3.05, 3.63) is 0 Å². The average Bonchev–Trinajstić information content (AvgIpc) is 1.97. The van der Waals surface area contributed by atoms with E-state index in [0.29, 0.717) is 6.42 Å². The first-order valence-corrected chi connectivity index (χ1v) is 4.35. The third kappa shape index (κ3) is 1.63. The maximum absolute atomic E-state index is 10.0. The van der Waals surface area contributed by atoms with E-state index >= 15 is 0 Å². The topological polar surface area (TPSA) is 32.3 Å². The molecule has 2 unspecified atom stereocenters. The Hall–Kier alpha value is -0.520. The molecule has 0 aromatic rings. The Morgan fingerprint density at radius 1 is 1.58 bits per heavy atom. The van der Waals surface area contributed by atoms with Crippen LogP contribution in [0.15, 0.2) is 0 Å². The van der Waals surface area contributed by atoms with Gasteiger partial charge in [0.05, 0.1) is 0 Å². The molecule has 0 aliphatic carbocycles. The van der Waals surface area contributed by atoms with E-state index in [1.807, 2.05) is 6.92 Å². The summed E-state index contributed by atoms with van der Waals surface area (Å²) in [5.74, 6) is 2.64. The van der Waals surface area contributed by atoms with Gasteiger partial charge >= 0.3 is 0 Å². The summed E-state index contributed by atoms with van der Waals surface area (Å²) in [5.41, 5.74) is -0.970. The van der Waals surface area contributed by atoms with E-state index in [0.717, 1.165) is 6.54 Å². The van der Waals surface area contributed by atoms with Crippen LogP contribution in [0.3, 0.4) is 0 Å². The quantitative estimate of drug-likeness (QED) is 0.522. The average molecular weight is 167 g/mol. The van der Waals surface area contributed by atoms with Crippen molar-refractivity contribution in [1.82, 2.24) is 5.32 Å². The van der Waals surface area contributed by atoms with Crippen LogP contribution in [-0.2, 0) is 0 Å². The van der Waals surface area contributed by atoms with Crippen molar-refractivity contribution in [2.75, 3.05) is 6.54 Å². The van der Waals surface area contributed by atoms with Crippen molar-refractivity contribution in [2.24, 2.45) is 5.92 Å². The van der Waals surface area contributed by atoms with Crippen LogP contribution in [0.4, 0.5) is 0 Å². The first-order valence-electron chi connectivity index (χ1n) is 4.35. The maximum atomic E-state index is 10.0. The summed E-state index contributed by atoms with van der Waals surface area (Å²) in [6.45, 7) is 6.87. The van der Waals surface area contributed by atoms with Gasteiger partial charge in [-0.25, -0.2) is 0 Å². The highest BCUT2D eigenvalue weighted by Crippen LogP contribution is 2.31. The molecule has 1 aliphatic rings. The fourth-order valence-electron chi connectivity index (χ4n) is 1.70. The normalized spacial score (nSPS) is 40.4. The Bertz CT molecular complexity index is 216. The fraction of sp³-hybridized carbons (Fsp3) is 0.800. The lowest BCUT2D eigenvalue weighted by atomic mass is 9.75. The highest BCUT2D eigenvalue weighted by Gasteiger charge is 2.41. The minimum atomic E-state index is -0.922. The number of hydrogen-bond acceptors (Lipinski definition) is 2. The Morgan fingerprint density at radius 2 is 2.17 bits per heavy atom. The summed E-state index contributed by atoms with van der Waals surface area (Å²) in [6.07, 6.45) is 5.94. The van der Waals surface area contributed by atoms with Gasteiger partial charge in [0.25, 0.3) is 0 Å². The molecule has 2 atom stereocenters. The predicted octanol–water partition coefficient (Wildman–Crippen LogP) is 0.759. The van der Waals surface area contributed by atoms with Crippen LogP contribution in [-0.4, -0.2) is 22.8 Å². The van der Waals surface area contributed by atoms with Gasteiger partial charge in [-0.05, 0) is 13.8 Å². The number of aliphatic hydroxyl groups is 1. The minimum Gasteiger partial charge on any atom is -0.377 e. The fourth-order valence-corrected chi connectivity index (χ4v) is 1.70. The van der Waals surface area contributed by atoms with Gasteiger partial charge in [0.2, 0.25) is 0 Å². The molecule has 0 radical (unpaired) electrons. The van der Waals surface area contributed by atoms with E-state index in [1.165, 1.54) is 0 Å². The van der Waals surface area contributed by atoms with Crippen molar-refractivity contribution in [1.29, 1.82) is 0 Å². The standard InChI is InChI=1S/C10H17NO/c1-5-10(12)7-9(3,4)11-6-8(10)2/h1,8,11-12H,6-7H2,2-4H3. The van der Waals surface area contributed by atoms with Gasteiger partial charge in [0.1, 0.15) is 5.60 Å². The molecule has 1 aliphatic heterocycles. The van der Waals surface area contributed by atoms with Crippen molar-refractivity contribution in [2.45, 2.75) is 38.3 Å². The molecule has 12 heavy (non-hydrogen) atoms. The van der Waals surface area contributed by atoms with E-state index in [9.17, 15) is 5.11 Å². The number of hydrogen-bond donors (Lipinski definition) is 2. The largest absolute Gasteiger partial charge is 0.377 e. The van der Waals surface area contributed by atoms with E-state index in [4.69, 9.17) is 6.42 Å². The molecule has 0 saturated carbocycles. The van der Waals surface area contributed by atoms with Crippen LogP contribution in [0, 0.1) is 18.3 Å². The zero-order valence-electron chi connectivity index (χ0n) is 8.02. The number of terminal acetylenes is 1. The molecule has 0 spiro atoms. The van der Waals surface area contributed by atoms with Gasteiger partial charge in [0, 0.05) is 24.4 Å². The second kappa shape index (κ2) is 2.76. The molecular formula is C10H17NO. The van der Waals surface area contributed by atoms with Crippen LogP contribution >= 0.6 is 0 Å². The summed E-state index contributed by atoms with van der Waals surface area (Å²) in [6, 6.07) is 0. The van der Waals surface area contributed by atoms with Gasteiger partial charge in [-0.3, -0.25) is 0 Å². The van der Waals surface area contributed by atoms with Crippen molar-refractivity contribution in [3.63, 3.8) is 0 Å². The molecular weight excluding hydrogens is 150 g/mol. The molecule has 0 amide bonds. The van der Waals surface area contributed by atoms with Crippen LogP contribution in [0.5, 0.6) is 0 Å². The second-order valence-corrected chi connectivity index (χ2v) is 4.41. The molecule has 2 heteroatoms. The molecule has 2 N–H and O–H groups in total. The number of nitrogens with one attached hydrogen (secondary N) is 1. The predicted molar refractivity (Wildman–Crippen MR) is 49.6 cm³/mol. The lowest BCUT2D eigenvalue weighted by Crippen LogP contribution is -2.58. The van der Waals surface area contributed by atoms with Gasteiger partial charge < -0.3 is 10.4 Å². The lowest BCUT2D eigenvalue weighted by molar-refractivity contribution is -0.0130. The minimum absolute atomic E-state index is 0.0480. The molecule has 1 fully saturated rings. The highest BCUT2D eigenvalue weighted by atomic mass is 16.3. The third-order valence-electron chi connectivity index (χ3n) is 2.66. The van der Waals surface area contributed by atoms with Crippen LogP contribution in [0.1, 0.15) is 27.2 Å². The van der Waals surface area contributed by atoms with Gasteiger partial charge in [-0.1, -0.05) is 12.8 Å². The van der Waals surface area contributed by atoms with Gasteiger partial charge in [-0.2, -0.15) is 0 Å². The summed E-state index contributed by atoms with van der Waals surface area (Å²) in [7, 11) is 0. The molecule has 0 aromatic heterocycles. The van der Waals surface area contributed by atoms with Crippen LogP contribution < -0.4 is 5.32 Å². The smallest absolute Gasteiger partial charge is 0.130 e. The highest BCUT2D eigenvalue weighted by molar-refractivity contribution is 5.15. The maximum Gasteiger partial charge on any atom is 0.130 e. The first kappa shape index (κ1) is 9.57. The Balaban J connectivity index is 2.81. The summed E-state index contributed by atoms with van der Waals surface area (Å²) in [5, 5.41) is 13.4. The van der Waals surface area contributed by atoms with Crippen LogP contribution in [0.25, 0.3) is 0 Å². The van der Waals surface area contributed by atoms with Crippen molar-refractivity contribution >= 4 is 0 Å². The lowest BCUT2D eigenvalue weighted by Gasteiger charge is -2.43. The van der Waals surface area contributed by atoms with Crippen molar-refractivity contribution < 1.29 is 5.11 Å². The molecule has 1 rings (SSSR count). The number of piperidine rings is 1. The monoisotopic (exact) mass is 167 g/mol. The Kier molecular flexibility index (Phi) is 2.20. The molecule has 0 bridgehead atoms. The van der Waals surface area contributed by atoms with Gasteiger partial charge in [0.15, 0.2) is 0 Å². The summed E-state index contributed by atoms with van der Waals surface area (Å²) < 4.78 is 0. The zero-order chi connectivity index (χ0) is 9.41. The molecule has 68 valence electrons. The SMILES string of the molecule is C#CC1(O)CC(C)(C)NCC1C. The molecule has 2 nitrogen and oxygen atoms in total. The molecule has 1 saturated heterocycles. The Labute approximate surface area is 74.4 Å². The van der Waals surface area contributed by atoms with Gasteiger partial charge in [-0.15, -0.1) is 6.42 Å². The second-order valence-electron chi connectivity index (χ2n) is 4.41. The van der Waals surface area contributed by atoms with E-state index in [1.54, 1.807) is 0 Å². The van der Waals surface area contributed by atoms with Crippen LogP contribution in [0.2, 0.25) is 0 Å². The molecule has 1 heterocycles. The zero-order valence-corrected chi connectivity index (χ0v) is 8.02. The molecule has 0 aromatic carbocycles. The first-order chi connectivity index (χ1) is 5.40. The van der Waals surface area contributed by atoms with E-state index in [2.05, 4.69) is 25.1 Å². The van der Waals surface area contributed by atoms with E-state index in [-0.39, 0.29) is 11.5 Å². The van der Waals surface area contributed by atoms with E-state index < -0.39 is 5.60 Å².